The Labute approximate surface area is 190 Å². The third kappa shape index (κ3) is 2.77. The number of anilines is 1. The smallest absolute Gasteiger partial charge is 0.0806 e. The van der Waals surface area contributed by atoms with Gasteiger partial charge in [-0.1, -0.05) is 60.7 Å². The zero-order valence-corrected chi connectivity index (χ0v) is 18.4. The molecule has 0 saturated heterocycles. The Balaban J connectivity index is 1.57. The second-order valence-electron chi connectivity index (χ2n) is 7.85. The van der Waals surface area contributed by atoms with Crippen LogP contribution < -0.4 is 5.32 Å². The molecule has 2 N–H and O–H groups in total. The molecule has 0 fully saturated rings. The van der Waals surface area contributed by atoms with Crippen LogP contribution in [0.1, 0.15) is 10.4 Å². The molecule has 32 heavy (non-hydrogen) atoms. The highest BCUT2D eigenvalue weighted by atomic mass is 32.1. The van der Waals surface area contributed by atoms with Crippen molar-refractivity contribution >= 4 is 54.6 Å². The minimum atomic E-state index is 0.550. The third-order valence-electron chi connectivity index (χ3n) is 6.05. The summed E-state index contributed by atoms with van der Waals surface area (Å²) < 4.78 is 3.50. The van der Waals surface area contributed by atoms with Crippen LogP contribution in [-0.4, -0.2) is 17.3 Å². The number of thiophene rings is 1. The lowest BCUT2D eigenvalue weighted by atomic mass is 10.0. The van der Waals surface area contributed by atoms with Crippen molar-refractivity contribution in [3.05, 3.63) is 108 Å². The Kier molecular flexibility index (Phi) is 4.33. The van der Waals surface area contributed by atoms with E-state index in [1.54, 1.807) is 11.3 Å². The molecule has 2 aromatic heterocycles. The third-order valence-corrected chi connectivity index (χ3v) is 7.24. The summed E-state index contributed by atoms with van der Waals surface area (Å²) in [6.45, 7) is 0. The summed E-state index contributed by atoms with van der Waals surface area (Å²) in [5.74, 6) is 0. The molecule has 0 saturated carbocycles. The summed E-state index contributed by atoms with van der Waals surface area (Å²) in [5, 5.41) is 15.9. The average molecular weight is 432 g/mol. The maximum Gasteiger partial charge on any atom is 0.0806 e. The van der Waals surface area contributed by atoms with E-state index in [0.717, 1.165) is 27.3 Å². The summed E-state index contributed by atoms with van der Waals surface area (Å²) in [4.78, 5) is 0.972. The van der Waals surface area contributed by atoms with Gasteiger partial charge < -0.3 is 9.88 Å². The van der Waals surface area contributed by atoms with Crippen LogP contribution in [0.2, 0.25) is 0 Å². The average Bonchev–Trinajstić information content (AvgIpc) is 3.39. The Morgan fingerprint density at radius 3 is 2.25 bits per heavy atom. The standard InChI is InChI=1S/C28H21N3S/c1-30-27-21-12-6-8-14-25(21)32-28(27)26(29)18-15-16-24-22(17-18)20-11-5-7-13-23(20)31(24)19-9-3-2-4-10-19/h2-17,29-30H,1H3. The largest absolute Gasteiger partial charge is 0.386 e. The molecule has 2 heterocycles. The molecule has 0 atom stereocenters. The summed E-state index contributed by atoms with van der Waals surface area (Å²) in [6.07, 6.45) is 0. The van der Waals surface area contributed by atoms with E-state index in [-0.39, 0.29) is 0 Å². The fourth-order valence-corrected chi connectivity index (χ4v) is 5.77. The monoisotopic (exact) mass is 431 g/mol. The molecule has 6 rings (SSSR count). The number of para-hydroxylation sites is 2. The Bertz CT molecular complexity index is 1620. The molecular formula is C28H21N3S. The lowest BCUT2D eigenvalue weighted by molar-refractivity contribution is 1.18. The first-order valence-corrected chi connectivity index (χ1v) is 11.4. The van der Waals surface area contributed by atoms with E-state index in [0.29, 0.717) is 5.71 Å². The molecule has 6 aromatic rings. The van der Waals surface area contributed by atoms with Crippen LogP contribution in [-0.2, 0) is 0 Å². The summed E-state index contributed by atoms with van der Waals surface area (Å²) in [7, 11) is 1.93. The van der Waals surface area contributed by atoms with E-state index in [1.807, 2.05) is 19.2 Å². The molecule has 4 aromatic carbocycles. The maximum atomic E-state index is 9.07. The van der Waals surface area contributed by atoms with E-state index in [1.165, 1.54) is 26.4 Å². The summed E-state index contributed by atoms with van der Waals surface area (Å²) >= 11 is 1.67. The van der Waals surface area contributed by atoms with Gasteiger partial charge in [-0.15, -0.1) is 11.3 Å². The van der Waals surface area contributed by atoms with Gasteiger partial charge in [0.25, 0.3) is 0 Å². The summed E-state index contributed by atoms with van der Waals surface area (Å²) in [6, 6.07) is 33.7. The first kappa shape index (κ1) is 18.8. The molecule has 0 aliphatic rings. The lowest BCUT2D eigenvalue weighted by Crippen LogP contribution is -2.02. The second-order valence-corrected chi connectivity index (χ2v) is 8.90. The van der Waals surface area contributed by atoms with Crippen LogP contribution in [0.25, 0.3) is 37.6 Å². The number of nitrogens with one attached hydrogen (secondary N) is 2. The first-order chi connectivity index (χ1) is 15.8. The van der Waals surface area contributed by atoms with Crippen LogP contribution in [0.15, 0.2) is 97.1 Å². The predicted molar refractivity (Wildman–Crippen MR) is 138 cm³/mol. The molecule has 4 heteroatoms. The SMILES string of the molecule is CNc1c(C(=N)c2ccc3c(c2)c2ccccc2n3-c2ccccc2)sc2ccccc12. The molecule has 0 bridgehead atoms. The minimum Gasteiger partial charge on any atom is -0.386 e. The Morgan fingerprint density at radius 1 is 0.750 bits per heavy atom. The number of rotatable bonds is 4. The van der Waals surface area contributed by atoms with Gasteiger partial charge in [0, 0.05) is 39.2 Å². The highest BCUT2D eigenvalue weighted by Crippen LogP contribution is 2.38. The van der Waals surface area contributed by atoms with Gasteiger partial charge in [-0.25, -0.2) is 0 Å². The van der Waals surface area contributed by atoms with Crippen LogP contribution >= 0.6 is 11.3 Å². The van der Waals surface area contributed by atoms with Crippen molar-refractivity contribution in [3.8, 4) is 5.69 Å². The van der Waals surface area contributed by atoms with E-state index >= 15 is 0 Å². The van der Waals surface area contributed by atoms with Crippen molar-refractivity contribution in [2.45, 2.75) is 0 Å². The molecular weight excluding hydrogens is 410 g/mol. The molecule has 154 valence electrons. The fourth-order valence-electron chi connectivity index (χ4n) is 4.58. The van der Waals surface area contributed by atoms with Crippen molar-refractivity contribution in [2.75, 3.05) is 12.4 Å². The van der Waals surface area contributed by atoms with Gasteiger partial charge in [0.05, 0.1) is 27.3 Å². The maximum absolute atomic E-state index is 9.07. The predicted octanol–water partition coefficient (Wildman–Crippen LogP) is 7.46. The van der Waals surface area contributed by atoms with Crippen LogP contribution in [0, 0.1) is 5.41 Å². The molecule has 0 radical (unpaired) electrons. The van der Waals surface area contributed by atoms with Crippen molar-refractivity contribution < 1.29 is 0 Å². The number of fused-ring (bicyclic) bond motifs is 4. The van der Waals surface area contributed by atoms with Crippen molar-refractivity contribution in [1.29, 1.82) is 5.41 Å². The summed E-state index contributed by atoms with van der Waals surface area (Å²) in [5.41, 5.74) is 5.98. The second kappa shape index (κ2) is 7.36. The van der Waals surface area contributed by atoms with Gasteiger partial charge in [0.15, 0.2) is 0 Å². The number of hydrogen-bond acceptors (Lipinski definition) is 3. The molecule has 3 nitrogen and oxygen atoms in total. The van der Waals surface area contributed by atoms with Crippen molar-refractivity contribution in [2.24, 2.45) is 0 Å². The van der Waals surface area contributed by atoms with Gasteiger partial charge in [0.1, 0.15) is 0 Å². The highest BCUT2D eigenvalue weighted by molar-refractivity contribution is 7.21. The number of nitrogens with zero attached hydrogens (tertiary/aromatic N) is 1. The molecule has 0 aliphatic heterocycles. The van der Waals surface area contributed by atoms with Gasteiger partial charge in [-0.05, 0) is 36.4 Å². The molecule has 0 unspecified atom stereocenters. The van der Waals surface area contributed by atoms with Crippen LogP contribution in [0.5, 0.6) is 0 Å². The lowest BCUT2D eigenvalue weighted by Gasteiger charge is -2.09. The van der Waals surface area contributed by atoms with Gasteiger partial charge in [-0.3, -0.25) is 5.41 Å². The Morgan fingerprint density at radius 2 is 1.44 bits per heavy atom. The fraction of sp³-hybridized carbons (Fsp3) is 0.0357. The highest BCUT2D eigenvalue weighted by Gasteiger charge is 2.18. The Hall–Kier alpha value is -3.89. The zero-order chi connectivity index (χ0) is 21.7. The molecule has 0 amide bonds. The topological polar surface area (TPSA) is 40.8 Å². The first-order valence-electron chi connectivity index (χ1n) is 10.6. The molecule has 0 aliphatic carbocycles. The normalized spacial score (nSPS) is 11.4. The van der Waals surface area contributed by atoms with Crippen LogP contribution in [0.4, 0.5) is 5.69 Å². The number of hydrogen-bond donors (Lipinski definition) is 2. The van der Waals surface area contributed by atoms with Gasteiger partial charge in [0.2, 0.25) is 0 Å². The van der Waals surface area contributed by atoms with E-state index in [4.69, 9.17) is 5.41 Å². The van der Waals surface area contributed by atoms with Crippen molar-refractivity contribution in [1.82, 2.24) is 4.57 Å². The van der Waals surface area contributed by atoms with E-state index in [2.05, 4.69) is 94.8 Å². The van der Waals surface area contributed by atoms with Crippen LogP contribution in [0.3, 0.4) is 0 Å². The van der Waals surface area contributed by atoms with E-state index in [9.17, 15) is 0 Å². The molecule has 0 spiro atoms. The van der Waals surface area contributed by atoms with Crippen molar-refractivity contribution in [3.63, 3.8) is 0 Å². The number of benzene rings is 4. The quantitative estimate of drug-likeness (QED) is 0.280. The number of aromatic nitrogens is 1. The zero-order valence-electron chi connectivity index (χ0n) is 17.6. The van der Waals surface area contributed by atoms with E-state index < -0.39 is 0 Å². The van der Waals surface area contributed by atoms with Gasteiger partial charge in [-0.2, -0.15) is 0 Å². The van der Waals surface area contributed by atoms with Gasteiger partial charge >= 0.3 is 0 Å². The minimum absolute atomic E-state index is 0.550.